The summed E-state index contributed by atoms with van der Waals surface area (Å²) in [5.41, 5.74) is 4.87. The van der Waals surface area contributed by atoms with Crippen molar-refractivity contribution in [3.63, 3.8) is 0 Å². The van der Waals surface area contributed by atoms with E-state index in [9.17, 15) is 5.26 Å². The van der Waals surface area contributed by atoms with Crippen molar-refractivity contribution in [2.75, 3.05) is 0 Å². The summed E-state index contributed by atoms with van der Waals surface area (Å²) < 4.78 is 0. The van der Waals surface area contributed by atoms with Gasteiger partial charge in [0.2, 0.25) is 0 Å². The molecule has 3 aromatic rings. The van der Waals surface area contributed by atoms with E-state index in [4.69, 9.17) is 0 Å². The Kier molecular flexibility index (Phi) is 5.00. The van der Waals surface area contributed by atoms with Crippen molar-refractivity contribution < 1.29 is 0 Å². The van der Waals surface area contributed by atoms with Crippen LogP contribution in [-0.4, -0.2) is 4.98 Å². The van der Waals surface area contributed by atoms with Gasteiger partial charge in [-0.25, -0.2) is 4.98 Å². The van der Waals surface area contributed by atoms with Gasteiger partial charge in [-0.2, -0.15) is 5.26 Å². The van der Waals surface area contributed by atoms with E-state index in [-0.39, 0.29) is 0 Å². The van der Waals surface area contributed by atoms with Crippen LogP contribution in [0.4, 0.5) is 0 Å². The van der Waals surface area contributed by atoms with E-state index in [0.29, 0.717) is 5.57 Å². The van der Waals surface area contributed by atoms with Crippen molar-refractivity contribution in [2.24, 2.45) is 0 Å². The Hall–Kier alpha value is -2.96. The van der Waals surface area contributed by atoms with Crippen LogP contribution < -0.4 is 0 Å². The summed E-state index contributed by atoms with van der Waals surface area (Å²) in [5.74, 6) is 0. The Morgan fingerprint density at radius 1 is 1.08 bits per heavy atom. The van der Waals surface area contributed by atoms with E-state index in [1.54, 1.807) is 0 Å². The first kappa shape index (κ1) is 15.9. The molecule has 0 bridgehead atoms. The molecule has 1 aromatic heterocycles. The predicted molar refractivity (Wildman–Crippen MR) is 101 cm³/mol. The highest BCUT2D eigenvalue weighted by Gasteiger charge is 2.08. The fraction of sp³-hybridized carbons (Fsp3) is 0.0476. The minimum Gasteiger partial charge on any atom is -0.235 e. The van der Waals surface area contributed by atoms with Gasteiger partial charge in [-0.15, -0.1) is 11.3 Å². The van der Waals surface area contributed by atoms with Crippen LogP contribution in [0.3, 0.4) is 0 Å². The zero-order valence-corrected chi connectivity index (χ0v) is 14.1. The summed E-state index contributed by atoms with van der Waals surface area (Å²) in [5, 5.41) is 12.1. The van der Waals surface area contributed by atoms with Gasteiger partial charge in [-0.05, 0) is 18.6 Å². The Morgan fingerprint density at radius 3 is 2.54 bits per heavy atom. The van der Waals surface area contributed by atoms with Crippen molar-refractivity contribution in [3.8, 4) is 17.3 Å². The molecule has 3 rings (SSSR count). The number of aromatic nitrogens is 1. The number of nitrogens with zero attached hydrogens (tertiary/aromatic N) is 2. The summed E-state index contributed by atoms with van der Waals surface area (Å²) in [6.07, 6.45) is 5.68. The standard InChI is InChI=1S/C21H16N2S/c1-16-10-12-18(13-11-16)20-15-24-21(23-20)19(14-22)9-5-8-17-6-3-2-4-7-17/h2-13,15H,1H3. The van der Waals surface area contributed by atoms with Crippen molar-refractivity contribution in [1.29, 1.82) is 5.26 Å². The SMILES string of the molecule is Cc1ccc(-c2csc(C(C#N)=CC=Cc3ccccc3)n2)cc1. The average molecular weight is 328 g/mol. The van der Waals surface area contributed by atoms with Gasteiger partial charge < -0.3 is 0 Å². The molecule has 0 saturated heterocycles. The third kappa shape index (κ3) is 3.87. The second-order valence-electron chi connectivity index (χ2n) is 5.37. The van der Waals surface area contributed by atoms with Crippen LogP contribution in [0.15, 0.2) is 72.1 Å². The molecule has 3 heteroatoms. The number of nitriles is 1. The predicted octanol–water partition coefficient (Wildman–Crippen LogP) is 5.74. The lowest BCUT2D eigenvalue weighted by Gasteiger charge is -1.97. The molecule has 2 aromatic carbocycles. The number of thiazole rings is 1. The molecule has 0 spiro atoms. The van der Waals surface area contributed by atoms with E-state index in [1.165, 1.54) is 16.9 Å². The maximum atomic E-state index is 9.41. The first-order valence-corrected chi connectivity index (χ1v) is 8.51. The smallest absolute Gasteiger partial charge is 0.134 e. The third-order valence-electron chi connectivity index (χ3n) is 3.55. The van der Waals surface area contributed by atoms with E-state index in [0.717, 1.165) is 21.8 Å². The molecule has 0 aliphatic rings. The molecule has 0 radical (unpaired) electrons. The van der Waals surface area contributed by atoms with Crippen molar-refractivity contribution >= 4 is 23.0 Å². The van der Waals surface area contributed by atoms with Gasteiger partial charge in [0.1, 0.15) is 11.1 Å². The van der Waals surface area contributed by atoms with Gasteiger partial charge in [0.15, 0.2) is 0 Å². The average Bonchev–Trinajstić information content (AvgIpc) is 3.10. The molecular weight excluding hydrogens is 312 g/mol. The van der Waals surface area contributed by atoms with Crippen LogP contribution in [0.1, 0.15) is 16.1 Å². The van der Waals surface area contributed by atoms with Crippen molar-refractivity contribution in [2.45, 2.75) is 6.92 Å². The first-order valence-electron chi connectivity index (χ1n) is 7.63. The fourth-order valence-electron chi connectivity index (χ4n) is 2.23. The highest BCUT2D eigenvalue weighted by Crippen LogP contribution is 2.26. The van der Waals surface area contributed by atoms with E-state index in [2.05, 4.69) is 42.2 Å². The molecule has 116 valence electrons. The van der Waals surface area contributed by atoms with E-state index < -0.39 is 0 Å². The molecule has 0 unspecified atom stereocenters. The molecule has 24 heavy (non-hydrogen) atoms. The molecule has 0 aliphatic carbocycles. The Morgan fingerprint density at radius 2 is 1.83 bits per heavy atom. The summed E-state index contributed by atoms with van der Waals surface area (Å²) in [6.45, 7) is 2.06. The summed E-state index contributed by atoms with van der Waals surface area (Å²) >= 11 is 1.49. The quantitative estimate of drug-likeness (QED) is 0.452. The monoisotopic (exact) mass is 328 g/mol. The minimum atomic E-state index is 0.575. The molecule has 0 N–H and O–H groups in total. The maximum absolute atomic E-state index is 9.41. The largest absolute Gasteiger partial charge is 0.235 e. The van der Waals surface area contributed by atoms with Gasteiger partial charge in [-0.1, -0.05) is 72.3 Å². The molecule has 0 saturated carbocycles. The molecule has 0 aliphatic heterocycles. The van der Waals surface area contributed by atoms with Gasteiger partial charge in [-0.3, -0.25) is 0 Å². The number of allylic oxidation sites excluding steroid dienone is 3. The number of hydrogen-bond donors (Lipinski definition) is 0. The number of benzene rings is 2. The summed E-state index contributed by atoms with van der Waals surface area (Å²) in [6, 6.07) is 20.5. The first-order chi connectivity index (χ1) is 11.8. The van der Waals surface area contributed by atoms with Gasteiger partial charge >= 0.3 is 0 Å². The molecule has 1 heterocycles. The Balaban J connectivity index is 1.82. The minimum absolute atomic E-state index is 0.575. The van der Waals surface area contributed by atoms with Crippen molar-refractivity contribution in [3.05, 3.63) is 88.3 Å². The zero-order chi connectivity index (χ0) is 16.8. The normalized spacial score (nSPS) is 11.6. The van der Waals surface area contributed by atoms with E-state index >= 15 is 0 Å². The van der Waals surface area contributed by atoms with E-state index in [1.807, 2.05) is 53.9 Å². The van der Waals surface area contributed by atoms with Crippen LogP contribution in [-0.2, 0) is 0 Å². The lowest BCUT2D eigenvalue weighted by atomic mass is 10.1. The molecular formula is C21H16N2S. The zero-order valence-electron chi connectivity index (χ0n) is 13.3. The van der Waals surface area contributed by atoms with Gasteiger partial charge in [0, 0.05) is 10.9 Å². The maximum Gasteiger partial charge on any atom is 0.134 e. The molecule has 0 fully saturated rings. The lowest BCUT2D eigenvalue weighted by molar-refractivity contribution is 1.36. The Bertz CT molecular complexity index is 910. The highest BCUT2D eigenvalue weighted by molar-refractivity contribution is 7.11. The second kappa shape index (κ2) is 7.54. The molecule has 0 amide bonds. The summed E-state index contributed by atoms with van der Waals surface area (Å²) in [4.78, 5) is 4.60. The Labute approximate surface area is 146 Å². The number of rotatable bonds is 4. The second-order valence-corrected chi connectivity index (χ2v) is 6.22. The third-order valence-corrected chi connectivity index (χ3v) is 4.43. The van der Waals surface area contributed by atoms with Gasteiger partial charge in [0.05, 0.1) is 11.3 Å². The number of hydrogen-bond acceptors (Lipinski definition) is 3. The number of aryl methyl sites for hydroxylation is 1. The fourth-order valence-corrected chi connectivity index (χ4v) is 3.03. The molecule has 2 nitrogen and oxygen atoms in total. The van der Waals surface area contributed by atoms with Crippen LogP contribution >= 0.6 is 11.3 Å². The van der Waals surface area contributed by atoms with Crippen LogP contribution in [0.25, 0.3) is 22.9 Å². The van der Waals surface area contributed by atoms with Gasteiger partial charge in [0.25, 0.3) is 0 Å². The van der Waals surface area contributed by atoms with Crippen LogP contribution in [0.2, 0.25) is 0 Å². The van der Waals surface area contributed by atoms with Crippen molar-refractivity contribution in [1.82, 2.24) is 4.98 Å². The summed E-state index contributed by atoms with van der Waals surface area (Å²) in [7, 11) is 0. The van der Waals surface area contributed by atoms with Crippen LogP contribution in [0, 0.1) is 18.3 Å². The van der Waals surface area contributed by atoms with Crippen LogP contribution in [0.5, 0.6) is 0 Å². The molecule has 0 atom stereocenters. The lowest BCUT2D eigenvalue weighted by Crippen LogP contribution is -1.82. The topological polar surface area (TPSA) is 36.7 Å². The highest BCUT2D eigenvalue weighted by atomic mass is 32.1.